The fraction of sp³-hybridized carbons (Fsp3) is 0.643. The Morgan fingerprint density at radius 1 is 1.38 bits per heavy atom. The molecule has 7 heteroatoms. The van der Waals surface area contributed by atoms with E-state index in [4.69, 9.17) is 14.0 Å². The van der Waals surface area contributed by atoms with E-state index in [1.807, 2.05) is 26.2 Å². The summed E-state index contributed by atoms with van der Waals surface area (Å²) in [6, 6.07) is 0. The number of nitrogens with zero attached hydrogens (tertiary/aromatic N) is 3. The van der Waals surface area contributed by atoms with Gasteiger partial charge in [-0.3, -0.25) is 4.52 Å². The van der Waals surface area contributed by atoms with Crippen LogP contribution in [0.25, 0.3) is 0 Å². The summed E-state index contributed by atoms with van der Waals surface area (Å²) in [6.45, 7) is 7.23. The fourth-order valence-electron chi connectivity index (χ4n) is 2.02. The first-order chi connectivity index (χ1) is 10.0. The number of rotatable bonds is 4. The highest BCUT2D eigenvalue weighted by Gasteiger charge is 2.23. The molecule has 0 amide bonds. The molecule has 3 heterocycles. The first-order valence-corrected chi connectivity index (χ1v) is 7.93. The standard InChI is InChI=1S/C14H19N3O3S/c1-14(2,3)12-16-13(20-17-12)19-7-9-8-21-11(15-9)10-5-4-6-18-10/h8,10H,4-7H2,1-3H3. The van der Waals surface area contributed by atoms with Gasteiger partial charge < -0.3 is 9.47 Å². The van der Waals surface area contributed by atoms with Crippen molar-refractivity contribution in [3.8, 4) is 6.08 Å². The van der Waals surface area contributed by atoms with Gasteiger partial charge in [0, 0.05) is 17.4 Å². The van der Waals surface area contributed by atoms with Crippen LogP contribution in [0.15, 0.2) is 9.90 Å². The van der Waals surface area contributed by atoms with Crippen LogP contribution in [-0.4, -0.2) is 21.7 Å². The molecule has 1 aliphatic heterocycles. The van der Waals surface area contributed by atoms with Crippen LogP contribution in [0, 0.1) is 0 Å². The summed E-state index contributed by atoms with van der Waals surface area (Å²) in [5, 5.41) is 6.92. The second kappa shape index (κ2) is 5.73. The molecule has 1 saturated heterocycles. The lowest BCUT2D eigenvalue weighted by Gasteiger charge is -2.10. The largest absolute Gasteiger partial charge is 0.442 e. The summed E-state index contributed by atoms with van der Waals surface area (Å²) >= 11 is 1.61. The van der Waals surface area contributed by atoms with Crippen LogP contribution in [0.1, 0.15) is 56.2 Å². The van der Waals surface area contributed by atoms with Gasteiger partial charge in [-0.2, -0.15) is 4.98 Å². The number of hydrogen-bond acceptors (Lipinski definition) is 7. The average Bonchev–Trinajstić information content (AvgIpc) is 3.16. The van der Waals surface area contributed by atoms with Crippen molar-refractivity contribution in [2.45, 2.75) is 51.7 Å². The van der Waals surface area contributed by atoms with E-state index < -0.39 is 0 Å². The van der Waals surface area contributed by atoms with Gasteiger partial charge in [-0.15, -0.1) is 11.3 Å². The highest BCUT2D eigenvalue weighted by molar-refractivity contribution is 7.09. The maximum Gasteiger partial charge on any atom is 0.417 e. The van der Waals surface area contributed by atoms with Gasteiger partial charge in [0.1, 0.15) is 17.7 Å². The van der Waals surface area contributed by atoms with E-state index in [-0.39, 0.29) is 17.6 Å². The van der Waals surface area contributed by atoms with E-state index in [9.17, 15) is 0 Å². The topological polar surface area (TPSA) is 70.3 Å². The van der Waals surface area contributed by atoms with E-state index in [2.05, 4.69) is 15.1 Å². The molecule has 0 aromatic carbocycles. The van der Waals surface area contributed by atoms with Gasteiger partial charge in [-0.05, 0) is 12.8 Å². The average molecular weight is 309 g/mol. The molecule has 1 atom stereocenters. The second-order valence-corrected chi connectivity index (χ2v) is 6.99. The Morgan fingerprint density at radius 2 is 2.24 bits per heavy atom. The maximum atomic E-state index is 5.62. The molecule has 0 bridgehead atoms. The molecule has 0 aliphatic carbocycles. The molecule has 0 spiro atoms. The minimum absolute atomic E-state index is 0.152. The van der Waals surface area contributed by atoms with Crippen molar-refractivity contribution in [2.24, 2.45) is 0 Å². The molecule has 2 aromatic rings. The SMILES string of the molecule is CC(C)(C)c1noc(OCc2csc(C3CCCO3)n2)n1. The van der Waals surface area contributed by atoms with Crippen LogP contribution in [0.2, 0.25) is 0 Å². The third kappa shape index (κ3) is 3.41. The van der Waals surface area contributed by atoms with Crippen molar-refractivity contribution in [2.75, 3.05) is 6.61 Å². The lowest BCUT2D eigenvalue weighted by atomic mass is 9.96. The molecular formula is C14H19N3O3S. The first kappa shape index (κ1) is 14.5. The highest BCUT2D eigenvalue weighted by atomic mass is 32.1. The lowest BCUT2D eigenvalue weighted by Crippen LogP contribution is -2.13. The Labute approximate surface area is 127 Å². The zero-order valence-electron chi connectivity index (χ0n) is 12.5. The maximum absolute atomic E-state index is 5.62. The van der Waals surface area contributed by atoms with Gasteiger partial charge >= 0.3 is 6.08 Å². The van der Waals surface area contributed by atoms with Crippen LogP contribution < -0.4 is 4.74 Å². The van der Waals surface area contributed by atoms with Crippen molar-refractivity contribution < 1.29 is 14.0 Å². The Kier molecular flexibility index (Phi) is 3.95. The molecule has 1 unspecified atom stereocenters. The third-order valence-electron chi connectivity index (χ3n) is 3.20. The summed E-state index contributed by atoms with van der Waals surface area (Å²) in [5.74, 6) is 0.635. The molecule has 21 heavy (non-hydrogen) atoms. The zero-order chi connectivity index (χ0) is 14.9. The van der Waals surface area contributed by atoms with E-state index in [0.29, 0.717) is 12.4 Å². The van der Waals surface area contributed by atoms with Gasteiger partial charge in [0.05, 0.1) is 5.69 Å². The van der Waals surface area contributed by atoms with Crippen molar-refractivity contribution in [1.29, 1.82) is 0 Å². The Bertz CT molecular complexity index is 597. The molecule has 0 radical (unpaired) electrons. The number of thiazole rings is 1. The van der Waals surface area contributed by atoms with Gasteiger partial charge in [-0.1, -0.05) is 25.9 Å². The van der Waals surface area contributed by atoms with Gasteiger partial charge in [-0.25, -0.2) is 4.98 Å². The molecule has 3 rings (SSSR count). The first-order valence-electron chi connectivity index (χ1n) is 7.05. The predicted molar refractivity (Wildman–Crippen MR) is 77.4 cm³/mol. The molecule has 1 fully saturated rings. The molecule has 0 N–H and O–H groups in total. The van der Waals surface area contributed by atoms with Crippen molar-refractivity contribution in [3.05, 3.63) is 21.9 Å². The van der Waals surface area contributed by atoms with E-state index in [1.165, 1.54) is 0 Å². The summed E-state index contributed by atoms with van der Waals surface area (Å²) < 4.78 is 16.2. The quantitative estimate of drug-likeness (QED) is 0.863. The molecule has 2 aromatic heterocycles. The summed E-state index contributed by atoms with van der Waals surface area (Å²) in [4.78, 5) is 8.77. The van der Waals surface area contributed by atoms with E-state index in [1.54, 1.807) is 11.3 Å². The van der Waals surface area contributed by atoms with Gasteiger partial charge in [0.25, 0.3) is 0 Å². The lowest BCUT2D eigenvalue weighted by molar-refractivity contribution is 0.111. The predicted octanol–water partition coefficient (Wildman–Crippen LogP) is 3.25. The number of aromatic nitrogens is 3. The Hall–Kier alpha value is -1.47. The zero-order valence-corrected chi connectivity index (χ0v) is 13.3. The summed E-state index contributed by atoms with van der Waals surface area (Å²) in [7, 11) is 0. The minimum Gasteiger partial charge on any atom is -0.442 e. The number of hydrogen-bond donors (Lipinski definition) is 0. The highest BCUT2D eigenvalue weighted by Crippen LogP contribution is 2.30. The Morgan fingerprint density at radius 3 is 2.90 bits per heavy atom. The van der Waals surface area contributed by atoms with Crippen LogP contribution >= 0.6 is 11.3 Å². The van der Waals surface area contributed by atoms with Crippen LogP contribution in [0.4, 0.5) is 0 Å². The van der Waals surface area contributed by atoms with E-state index in [0.717, 1.165) is 30.2 Å². The fourth-order valence-corrected chi connectivity index (χ4v) is 2.90. The minimum atomic E-state index is -0.154. The van der Waals surface area contributed by atoms with Crippen LogP contribution in [0.5, 0.6) is 6.08 Å². The van der Waals surface area contributed by atoms with Crippen LogP contribution in [-0.2, 0) is 16.8 Å². The van der Waals surface area contributed by atoms with E-state index >= 15 is 0 Å². The molecular weight excluding hydrogens is 290 g/mol. The summed E-state index contributed by atoms with van der Waals surface area (Å²) in [5.41, 5.74) is 0.708. The van der Waals surface area contributed by atoms with Crippen molar-refractivity contribution in [3.63, 3.8) is 0 Å². The normalized spacial score (nSPS) is 19.1. The third-order valence-corrected chi connectivity index (χ3v) is 4.18. The van der Waals surface area contributed by atoms with Crippen molar-refractivity contribution >= 4 is 11.3 Å². The molecule has 6 nitrogen and oxygen atoms in total. The molecule has 114 valence electrons. The molecule has 0 saturated carbocycles. The number of ether oxygens (including phenoxy) is 2. The van der Waals surface area contributed by atoms with Crippen molar-refractivity contribution in [1.82, 2.24) is 15.1 Å². The smallest absolute Gasteiger partial charge is 0.417 e. The monoisotopic (exact) mass is 309 g/mol. The Balaban J connectivity index is 1.59. The molecule has 1 aliphatic rings. The van der Waals surface area contributed by atoms with Gasteiger partial charge in [0.15, 0.2) is 5.82 Å². The van der Waals surface area contributed by atoms with Gasteiger partial charge in [0.2, 0.25) is 0 Å². The summed E-state index contributed by atoms with van der Waals surface area (Å²) in [6.07, 6.45) is 2.49. The second-order valence-electron chi connectivity index (χ2n) is 6.10. The van der Waals surface area contributed by atoms with Crippen LogP contribution in [0.3, 0.4) is 0 Å².